The predicted octanol–water partition coefficient (Wildman–Crippen LogP) is 3.93. The lowest BCUT2D eigenvalue weighted by atomic mass is 9.94. The molecule has 1 saturated heterocycles. The number of nitrogens with one attached hydrogen (secondary N) is 1. The van der Waals surface area contributed by atoms with Gasteiger partial charge in [-0.3, -0.25) is 0 Å². The van der Waals surface area contributed by atoms with Gasteiger partial charge in [0.25, 0.3) is 0 Å². The summed E-state index contributed by atoms with van der Waals surface area (Å²) in [7, 11) is 0. The predicted molar refractivity (Wildman–Crippen MR) is 83.4 cm³/mol. The highest BCUT2D eigenvalue weighted by Gasteiger charge is 2.21. The number of hydrogen-bond acceptors (Lipinski definition) is 2. The van der Waals surface area contributed by atoms with E-state index < -0.39 is 0 Å². The molecule has 2 nitrogen and oxygen atoms in total. The van der Waals surface area contributed by atoms with Gasteiger partial charge in [-0.25, -0.2) is 4.39 Å². The van der Waals surface area contributed by atoms with Gasteiger partial charge in [0.2, 0.25) is 0 Å². The standard InChI is InChI=1S/C16H23BrFNO/c1-2-6-19-15(8-12-5-7-20-11-12)10-13-9-14(17)3-4-16(13)18/h3-4,9,12,15,19H,2,5-8,10-11H2,1H3. The summed E-state index contributed by atoms with van der Waals surface area (Å²) >= 11 is 3.42. The maximum absolute atomic E-state index is 13.9. The Kier molecular flexibility index (Phi) is 6.46. The van der Waals surface area contributed by atoms with Crippen LogP contribution in [0.4, 0.5) is 4.39 Å². The highest BCUT2D eigenvalue weighted by molar-refractivity contribution is 9.10. The maximum atomic E-state index is 13.9. The molecule has 1 N–H and O–H groups in total. The van der Waals surface area contributed by atoms with Gasteiger partial charge in [0.15, 0.2) is 0 Å². The smallest absolute Gasteiger partial charge is 0.126 e. The molecule has 1 aromatic carbocycles. The molecule has 2 rings (SSSR count). The molecule has 2 unspecified atom stereocenters. The lowest BCUT2D eigenvalue weighted by Gasteiger charge is -2.22. The second kappa shape index (κ2) is 8.11. The van der Waals surface area contributed by atoms with Crippen molar-refractivity contribution in [2.24, 2.45) is 5.92 Å². The van der Waals surface area contributed by atoms with Gasteiger partial charge >= 0.3 is 0 Å². The Balaban J connectivity index is 1.99. The zero-order valence-electron chi connectivity index (χ0n) is 12.0. The molecule has 1 aliphatic rings. The molecule has 0 aliphatic carbocycles. The van der Waals surface area contributed by atoms with Crippen molar-refractivity contribution < 1.29 is 9.13 Å². The van der Waals surface area contributed by atoms with Gasteiger partial charge in [0.1, 0.15) is 5.82 Å². The molecular weight excluding hydrogens is 321 g/mol. The van der Waals surface area contributed by atoms with Crippen LogP contribution in [0.5, 0.6) is 0 Å². The molecule has 0 aromatic heterocycles. The van der Waals surface area contributed by atoms with Crippen molar-refractivity contribution in [2.45, 2.75) is 38.6 Å². The van der Waals surface area contributed by atoms with Crippen LogP contribution in [0.15, 0.2) is 22.7 Å². The monoisotopic (exact) mass is 343 g/mol. The molecule has 0 amide bonds. The molecule has 0 spiro atoms. The molecule has 1 fully saturated rings. The largest absolute Gasteiger partial charge is 0.381 e. The highest BCUT2D eigenvalue weighted by Crippen LogP contribution is 2.22. The third kappa shape index (κ3) is 4.83. The van der Waals surface area contributed by atoms with Gasteiger partial charge in [0, 0.05) is 23.7 Å². The second-order valence-electron chi connectivity index (χ2n) is 5.56. The fraction of sp³-hybridized carbons (Fsp3) is 0.625. The minimum Gasteiger partial charge on any atom is -0.381 e. The average Bonchev–Trinajstić information content (AvgIpc) is 2.93. The summed E-state index contributed by atoms with van der Waals surface area (Å²) in [5.74, 6) is 0.499. The third-order valence-electron chi connectivity index (χ3n) is 3.80. The molecule has 0 saturated carbocycles. The van der Waals surface area contributed by atoms with E-state index in [0.717, 1.165) is 55.5 Å². The Morgan fingerprint density at radius 1 is 1.50 bits per heavy atom. The number of benzene rings is 1. The van der Waals surface area contributed by atoms with Crippen LogP contribution in [0.1, 0.15) is 31.7 Å². The summed E-state index contributed by atoms with van der Waals surface area (Å²) < 4.78 is 20.3. The summed E-state index contributed by atoms with van der Waals surface area (Å²) in [6, 6.07) is 5.50. The Bertz CT molecular complexity index is 421. The zero-order valence-corrected chi connectivity index (χ0v) is 13.6. The van der Waals surface area contributed by atoms with E-state index >= 15 is 0 Å². The lowest BCUT2D eigenvalue weighted by molar-refractivity contribution is 0.181. The normalized spacial score (nSPS) is 20.2. The molecule has 112 valence electrons. The van der Waals surface area contributed by atoms with Crippen molar-refractivity contribution in [1.82, 2.24) is 5.32 Å². The summed E-state index contributed by atoms with van der Waals surface area (Å²) in [5.41, 5.74) is 0.784. The Morgan fingerprint density at radius 2 is 2.35 bits per heavy atom. The molecule has 1 heterocycles. The van der Waals surface area contributed by atoms with Crippen molar-refractivity contribution in [3.05, 3.63) is 34.1 Å². The third-order valence-corrected chi connectivity index (χ3v) is 4.29. The van der Waals surface area contributed by atoms with E-state index in [2.05, 4.69) is 28.2 Å². The fourth-order valence-corrected chi connectivity index (χ4v) is 3.13. The van der Waals surface area contributed by atoms with Crippen molar-refractivity contribution in [1.29, 1.82) is 0 Å². The van der Waals surface area contributed by atoms with E-state index in [1.54, 1.807) is 6.07 Å². The van der Waals surface area contributed by atoms with Crippen LogP contribution in [0.25, 0.3) is 0 Å². The number of hydrogen-bond donors (Lipinski definition) is 1. The van der Waals surface area contributed by atoms with Gasteiger partial charge in [-0.1, -0.05) is 22.9 Å². The maximum Gasteiger partial charge on any atom is 0.126 e. The van der Waals surface area contributed by atoms with Crippen LogP contribution in [-0.4, -0.2) is 25.8 Å². The minimum absolute atomic E-state index is 0.112. The molecule has 20 heavy (non-hydrogen) atoms. The van der Waals surface area contributed by atoms with Crippen LogP contribution in [0, 0.1) is 11.7 Å². The van der Waals surface area contributed by atoms with Crippen LogP contribution < -0.4 is 5.32 Å². The quantitative estimate of drug-likeness (QED) is 0.809. The first-order chi connectivity index (χ1) is 9.69. The molecule has 2 atom stereocenters. The van der Waals surface area contributed by atoms with Crippen molar-refractivity contribution in [3.63, 3.8) is 0 Å². The first-order valence-electron chi connectivity index (χ1n) is 7.44. The van der Waals surface area contributed by atoms with E-state index in [1.165, 1.54) is 6.07 Å². The minimum atomic E-state index is -0.112. The fourth-order valence-electron chi connectivity index (χ4n) is 2.72. The molecule has 1 aliphatic heterocycles. The van der Waals surface area contributed by atoms with Gasteiger partial charge in [-0.05, 0) is 61.9 Å². The van der Waals surface area contributed by atoms with E-state index in [9.17, 15) is 4.39 Å². The summed E-state index contributed by atoms with van der Waals surface area (Å²) in [4.78, 5) is 0. The van der Waals surface area contributed by atoms with Crippen molar-refractivity contribution >= 4 is 15.9 Å². The molecular formula is C16H23BrFNO. The Hall–Kier alpha value is -0.450. The number of halogens is 2. The second-order valence-corrected chi connectivity index (χ2v) is 6.47. The number of ether oxygens (including phenoxy) is 1. The van der Waals surface area contributed by atoms with Gasteiger partial charge in [-0.2, -0.15) is 0 Å². The number of rotatable bonds is 7. The molecule has 0 radical (unpaired) electrons. The van der Waals surface area contributed by atoms with Crippen LogP contribution in [0.2, 0.25) is 0 Å². The van der Waals surface area contributed by atoms with Crippen molar-refractivity contribution in [3.8, 4) is 0 Å². The zero-order chi connectivity index (χ0) is 14.4. The topological polar surface area (TPSA) is 21.3 Å². The molecule has 4 heteroatoms. The van der Waals surface area contributed by atoms with E-state index in [-0.39, 0.29) is 5.82 Å². The SMILES string of the molecule is CCCNC(Cc1cc(Br)ccc1F)CC1CCOC1. The van der Waals surface area contributed by atoms with Gasteiger partial charge < -0.3 is 10.1 Å². The van der Waals surface area contributed by atoms with Gasteiger partial charge in [0.05, 0.1) is 0 Å². The average molecular weight is 344 g/mol. The van der Waals surface area contributed by atoms with Crippen LogP contribution in [-0.2, 0) is 11.2 Å². The van der Waals surface area contributed by atoms with Gasteiger partial charge in [-0.15, -0.1) is 0 Å². The summed E-state index contributed by atoms with van der Waals surface area (Å²) in [6.45, 7) is 4.86. The summed E-state index contributed by atoms with van der Waals surface area (Å²) in [5, 5.41) is 3.55. The van der Waals surface area contributed by atoms with E-state index in [4.69, 9.17) is 4.74 Å². The van der Waals surface area contributed by atoms with Crippen molar-refractivity contribution in [2.75, 3.05) is 19.8 Å². The first-order valence-corrected chi connectivity index (χ1v) is 8.23. The van der Waals surface area contributed by atoms with Crippen LogP contribution in [0.3, 0.4) is 0 Å². The Morgan fingerprint density at radius 3 is 3.05 bits per heavy atom. The highest BCUT2D eigenvalue weighted by atomic mass is 79.9. The summed E-state index contributed by atoms with van der Waals surface area (Å²) in [6.07, 6.45) is 4.03. The molecule has 0 bridgehead atoms. The Labute approximate surface area is 129 Å². The first kappa shape index (κ1) is 15.9. The lowest BCUT2D eigenvalue weighted by Crippen LogP contribution is -2.34. The van der Waals surface area contributed by atoms with Crippen LogP contribution >= 0.6 is 15.9 Å². The van der Waals surface area contributed by atoms with E-state index in [1.807, 2.05) is 6.07 Å². The molecule has 1 aromatic rings. The van der Waals surface area contributed by atoms with E-state index in [0.29, 0.717) is 12.0 Å².